The highest BCUT2D eigenvalue weighted by Crippen LogP contribution is 2.14. The van der Waals surface area contributed by atoms with Crippen molar-refractivity contribution in [2.75, 3.05) is 0 Å². The fourth-order valence-corrected chi connectivity index (χ4v) is 1.71. The zero-order chi connectivity index (χ0) is 10.8. The second kappa shape index (κ2) is 4.40. The zero-order valence-corrected chi connectivity index (χ0v) is 9.98. The lowest BCUT2D eigenvalue weighted by atomic mass is 10.1. The summed E-state index contributed by atoms with van der Waals surface area (Å²) >= 11 is 3.26. The summed E-state index contributed by atoms with van der Waals surface area (Å²) in [6, 6.07) is 7.14. The van der Waals surface area contributed by atoms with E-state index in [0.717, 1.165) is 10.0 Å². The van der Waals surface area contributed by atoms with Crippen LogP contribution in [-0.4, -0.2) is 13.7 Å². The number of halogens is 2. The molecule has 0 aliphatic rings. The molecule has 0 heterocycles. The molecule has 1 atom stereocenters. The standard InChI is InChI=1S/C9H10BrFO2S/c1-7(14(11,12)13)6-8-2-4-9(10)5-3-8/h2-5,7H,6H2,1H3. The van der Waals surface area contributed by atoms with Crippen molar-refractivity contribution in [2.45, 2.75) is 18.6 Å². The van der Waals surface area contributed by atoms with Gasteiger partial charge >= 0.3 is 10.2 Å². The van der Waals surface area contributed by atoms with Crippen LogP contribution < -0.4 is 0 Å². The first-order valence-electron chi connectivity index (χ1n) is 4.07. The van der Waals surface area contributed by atoms with Crippen LogP contribution in [0, 0.1) is 0 Å². The molecule has 0 aliphatic carbocycles. The largest absolute Gasteiger partial charge is 0.305 e. The predicted octanol–water partition coefficient (Wildman–Crippen LogP) is 2.68. The lowest BCUT2D eigenvalue weighted by molar-refractivity contribution is 0.537. The van der Waals surface area contributed by atoms with E-state index in [-0.39, 0.29) is 6.42 Å². The van der Waals surface area contributed by atoms with E-state index in [2.05, 4.69) is 15.9 Å². The normalized spacial score (nSPS) is 13.9. The van der Waals surface area contributed by atoms with E-state index >= 15 is 0 Å². The van der Waals surface area contributed by atoms with Gasteiger partial charge in [0.05, 0.1) is 5.25 Å². The molecule has 0 fully saturated rings. The van der Waals surface area contributed by atoms with Gasteiger partial charge in [0.25, 0.3) is 0 Å². The number of hydrogen-bond acceptors (Lipinski definition) is 2. The Morgan fingerprint density at radius 2 is 1.86 bits per heavy atom. The first-order chi connectivity index (χ1) is 6.39. The highest BCUT2D eigenvalue weighted by molar-refractivity contribution is 9.10. The quantitative estimate of drug-likeness (QED) is 0.798. The third-order valence-electron chi connectivity index (χ3n) is 1.92. The summed E-state index contributed by atoms with van der Waals surface area (Å²) in [5.74, 6) is 0. The first kappa shape index (κ1) is 11.7. The van der Waals surface area contributed by atoms with Gasteiger partial charge in [-0.25, -0.2) is 0 Å². The van der Waals surface area contributed by atoms with Crippen LogP contribution in [-0.2, 0) is 16.6 Å². The Hall–Kier alpha value is -0.420. The summed E-state index contributed by atoms with van der Waals surface area (Å²) < 4.78 is 34.5. The molecule has 78 valence electrons. The molecule has 2 nitrogen and oxygen atoms in total. The smallest absolute Gasteiger partial charge is 0.195 e. The van der Waals surface area contributed by atoms with E-state index in [1.807, 2.05) is 0 Å². The second-order valence-corrected chi connectivity index (χ2v) is 5.79. The van der Waals surface area contributed by atoms with Gasteiger partial charge in [0.1, 0.15) is 0 Å². The second-order valence-electron chi connectivity index (χ2n) is 3.12. The van der Waals surface area contributed by atoms with Gasteiger partial charge in [0.15, 0.2) is 0 Å². The summed E-state index contributed by atoms with van der Waals surface area (Å²) in [4.78, 5) is 0. The minimum absolute atomic E-state index is 0.201. The van der Waals surface area contributed by atoms with Crippen LogP contribution in [0.15, 0.2) is 28.7 Å². The van der Waals surface area contributed by atoms with Gasteiger partial charge < -0.3 is 0 Å². The van der Waals surface area contributed by atoms with Gasteiger partial charge in [-0.2, -0.15) is 8.42 Å². The van der Waals surface area contributed by atoms with Crippen molar-refractivity contribution in [3.05, 3.63) is 34.3 Å². The van der Waals surface area contributed by atoms with Crippen LogP contribution >= 0.6 is 15.9 Å². The molecular formula is C9H10BrFO2S. The summed E-state index contributed by atoms with van der Waals surface area (Å²) in [7, 11) is -4.42. The van der Waals surface area contributed by atoms with E-state index in [4.69, 9.17) is 0 Å². The molecule has 0 aliphatic heterocycles. The molecule has 0 saturated carbocycles. The lowest BCUT2D eigenvalue weighted by Crippen LogP contribution is -2.15. The maximum atomic E-state index is 12.5. The van der Waals surface area contributed by atoms with Gasteiger partial charge in [-0.15, -0.1) is 3.89 Å². The van der Waals surface area contributed by atoms with Crippen LogP contribution in [0.5, 0.6) is 0 Å². The van der Waals surface area contributed by atoms with E-state index < -0.39 is 15.5 Å². The molecule has 0 spiro atoms. The van der Waals surface area contributed by atoms with Crippen LogP contribution in [0.2, 0.25) is 0 Å². The van der Waals surface area contributed by atoms with Gasteiger partial charge in [0, 0.05) is 4.47 Å². The van der Waals surface area contributed by atoms with Crippen LogP contribution in [0.25, 0.3) is 0 Å². The minimum Gasteiger partial charge on any atom is -0.195 e. The van der Waals surface area contributed by atoms with Crippen LogP contribution in [0.3, 0.4) is 0 Å². The molecule has 1 aromatic carbocycles. The van der Waals surface area contributed by atoms with Crippen molar-refractivity contribution in [3.8, 4) is 0 Å². The average molecular weight is 281 g/mol. The zero-order valence-electron chi connectivity index (χ0n) is 7.57. The van der Waals surface area contributed by atoms with Gasteiger partial charge in [-0.3, -0.25) is 0 Å². The van der Waals surface area contributed by atoms with Crippen molar-refractivity contribution in [1.29, 1.82) is 0 Å². The summed E-state index contributed by atoms with van der Waals surface area (Å²) in [6.07, 6.45) is 0.201. The first-order valence-corrected chi connectivity index (χ1v) is 6.31. The van der Waals surface area contributed by atoms with E-state index in [9.17, 15) is 12.3 Å². The molecule has 1 rings (SSSR count). The highest BCUT2D eigenvalue weighted by atomic mass is 79.9. The topological polar surface area (TPSA) is 34.1 Å². The van der Waals surface area contributed by atoms with Gasteiger partial charge in [-0.1, -0.05) is 28.1 Å². The minimum atomic E-state index is -4.42. The Labute approximate surface area is 91.5 Å². The number of rotatable bonds is 3. The summed E-state index contributed by atoms with van der Waals surface area (Å²) in [6.45, 7) is 1.36. The Balaban J connectivity index is 2.75. The van der Waals surface area contributed by atoms with Crippen molar-refractivity contribution in [1.82, 2.24) is 0 Å². The predicted molar refractivity (Wildman–Crippen MR) is 57.3 cm³/mol. The van der Waals surface area contributed by atoms with E-state index in [0.29, 0.717) is 0 Å². The number of hydrogen-bond donors (Lipinski definition) is 0. The van der Waals surface area contributed by atoms with Gasteiger partial charge in [0.2, 0.25) is 0 Å². The summed E-state index contributed by atoms with van der Waals surface area (Å²) in [5, 5.41) is -0.983. The molecule has 14 heavy (non-hydrogen) atoms. The lowest BCUT2D eigenvalue weighted by Gasteiger charge is -2.06. The van der Waals surface area contributed by atoms with Crippen molar-refractivity contribution < 1.29 is 12.3 Å². The number of benzene rings is 1. The Morgan fingerprint density at radius 3 is 2.29 bits per heavy atom. The van der Waals surface area contributed by atoms with E-state index in [1.165, 1.54) is 6.92 Å². The van der Waals surface area contributed by atoms with Gasteiger partial charge in [-0.05, 0) is 31.0 Å². The van der Waals surface area contributed by atoms with E-state index in [1.54, 1.807) is 24.3 Å². The fraction of sp³-hybridized carbons (Fsp3) is 0.333. The van der Waals surface area contributed by atoms with Crippen LogP contribution in [0.1, 0.15) is 12.5 Å². The maximum absolute atomic E-state index is 12.5. The van der Waals surface area contributed by atoms with Crippen molar-refractivity contribution >= 4 is 26.2 Å². The molecule has 1 aromatic rings. The maximum Gasteiger partial charge on any atom is 0.305 e. The Bertz CT molecular complexity index is 399. The third kappa shape index (κ3) is 3.38. The molecule has 0 bridgehead atoms. The molecule has 0 saturated heterocycles. The third-order valence-corrected chi connectivity index (χ3v) is 3.57. The summed E-state index contributed by atoms with van der Waals surface area (Å²) in [5.41, 5.74) is 0.807. The average Bonchev–Trinajstić information content (AvgIpc) is 2.07. The molecule has 0 amide bonds. The van der Waals surface area contributed by atoms with Crippen molar-refractivity contribution in [2.24, 2.45) is 0 Å². The SMILES string of the molecule is CC(Cc1ccc(Br)cc1)S(=O)(=O)F. The molecule has 0 aromatic heterocycles. The molecule has 0 radical (unpaired) electrons. The molecule has 5 heteroatoms. The monoisotopic (exact) mass is 280 g/mol. The Kier molecular flexibility index (Phi) is 3.66. The molecule has 1 unspecified atom stereocenters. The van der Waals surface area contributed by atoms with Crippen LogP contribution in [0.4, 0.5) is 3.89 Å². The van der Waals surface area contributed by atoms with Crippen molar-refractivity contribution in [3.63, 3.8) is 0 Å². The Morgan fingerprint density at radius 1 is 1.36 bits per heavy atom. The molecular weight excluding hydrogens is 271 g/mol. The fourth-order valence-electron chi connectivity index (χ4n) is 1.05. The molecule has 0 N–H and O–H groups in total. The highest BCUT2D eigenvalue weighted by Gasteiger charge is 2.19.